The van der Waals surface area contributed by atoms with Crippen LogP contribution in [-0.2, 0) is 16.6 Å². The van der Waals surface area contributed by atoms with Crippen LogP contribution >= 0.6 is 0 Å². The molecule has 0 aliphatic carbocycles. The fraction of sp³-hybridized carbons (Fsp3) is 0.259. The van der Waals surface area contributed by atoms with E-state index in [1.807, 2.05) is 30.6 Å². The molecule has 1 aliphatic heterocycles. The van der Waals surface area contributed by atoms with Gasteiger partial charge in [-0.05, 0) is 60.4 Å². The Morgan fingerprint density at radius 1 is 1.08 bits per heavy atom. The predicted molar refractivity (Wildman–Crippen MR) is 139 cm³/mol. The summed E-state index contributed by atoms with van der Waals surface area (Å²) < 4.78 is 41.1. The molecular formula is C27H26FN5O2S. The summed E-state index contributed by atoms with van der Waals surface area (Å²) in [6.45, 7) is 1.61. The van der Waals surface area contributed by atoms with Crippen molar-refractivity contribution in [1.82, 2.24) is 23.8 Å². The Morgan fingerprint density at radius 2 is 1.92 bits per heavy atom. The number of nitrogens with zero attached hydrogens (tertiary/aromatic N) is 4. The molecule has 1 aromatic carbocycles. The molecule has 9 heteroatoms. The van der Waals surface area contributed by atoms with Gasteiger partial charge in [-0.15, -0.1) is 0 Å². The molecule has 7 nitrogen and oxygen atoms in total. The number of nitrogens with one attached hydrogen (secondary N) is 1. The second kappa shape index (κ2) is 8.83. The second-order valence-corrected chi connectivity index (χ2v) is 11.5. The zero-order chi connectivity index (χ0) is 24.9. The number of sulfonamides is 1. The first-order valence-electron chi connectivity index (χ1n) is 12.0. The van der Waals surface area contributed by atoms with E-state index < -0.39 is 10.0 Å². The zero-order valence-corrected chi connectivity index (χ0v) is 20.7. The lowest BCUT2D eigenvalue weighted by molar-refractivity contribution is 0.319. The van der Waals surface area contributed by atoms with E-state index in [1.54, 1.807) is 22.6 Å². The third kappa shape index (κ3) is 4.29. The molecule has 5 aromatic rings. The number of pyridine rings is 2. The molecule has 1 aliphatic rings. The van der Waals surface area contributed by atoms with Crippen molar-refractivity contribution in [2.75, 3.05) is 19.3 Å². The Balaban J connectivity index is 1.33. The minimum absolute atomic E-state index is 0.243. The average Bonchev–Trinajstić information content (AvgIpc) is 3.48. The zero-order valence-electron chi connectivity index (χ0n) is 19.9. The molecule has 36 heavy (non-hydrogen) atoms. The van der Waals surface area contributed by atoms with E-state index in [9.17, 15) is 12.8 Å². The standard InChI is InChI=1S/C27H26FN5O2S/c1-36(34,35)33-11-6-19(7-12-33)25-15-23-22(5-9-29-27(23)31-25)20-14-26-24(30-16-20)8-10-32(26)17-18-3-2-4-21(28)13-18/h2-5,8-10,13-16,19H,6-7,11-12,17H2,1H3,(H,29,31). The highest BCUT2D eigenvalue weighted by Gasteiger charge is 2.27. The van der Waals surface area contributed by atoms with Crippen molar-refractivity contribution in [2.24, 2.45) is 0 Å². The molecular weight excluding hydrogens is 477 g/mol. The summed E-state index contributed by atoms with van der Waals surface area (Å²) >= 11 is 0. The van der Waals surface area contributed by atoms with Crippen molar-refractivity contribution >= 4 is 32.1 Å². The number of rotatable bonds is 5. The molecule has 184 valence electrons. The molecule has 0 spiro atoms. The monoisotopic (exact) mass is 503 g/mol. The number of fused-ring (bicyclic) bond motifs is 2. The fourth-order valence-corrected chi connectivity index (χ4v) is 6.07. The first-order chi connectivity index (χ1) is 17.3. The van der Waals surface area contributed by atoms with Gasteiger partial charge in [0.25, 0.3) is 0 Å². The Morgan fingerprint density at radius 3 is 2.69 bits per heavy atom. The van der Waals surface area contributed by atoms with Crippen LogP contribution in [0.15, 0.2) is 67.1 Å². The Bertz CT molecular complexity index is 1680. The lowest BCUT2D eigenvalue weighted by atomic mass is 9.94. The van der Waals surface area contributed by atoms with Gasteiger partial charge in [-0.2, -0.15) is 0 Å². The van der Waals surface area contributed by atoms with Gasteiger partial charge >= 0.3 is 0 Å². The second-order valence-electron chi connectivity index (χ2n) is 9.48. The normalized spacial score (nSPS) is 15.7. The molecule has 1 N–H and O–H groups in total. The summed E-state index contributed by atoms with van der Waals surface area (Å²) in [6, 6.07) is 14.9. The van der Waals surface area contributed by atoms with Gasteiger partial charge in [-0.25, -0.2) is 22.1 Å². The van der Waals surface area contributed by atoms with Crippen LogP contribution in [-0.4, -0.2) is 51.6 Å². The topological polar surface area (TPSA) is 83.9 Å². The lowest BCUT2D eigenvalue weighted by Crippen LogP contribution is -2.37. The van der Waals surface area contributed by atoms with Crippen LogP contribution < -0.4 is 0 Å². The third-order valence-corrected chi connectivity index (χ3v) is 8.39. The summed E-state index contributed by atoms with van der Waals surface area (Å²) in [5, 5.41) is 1.02. The van der Waals surface area contributed by atoms with Gasteiger partial charge in [-0.1, -0.05) is 12.1 Å². The minimum Gasteiger partial charge on any atom is -0.343 e. The smallest absolute Gasteiger partial charge is 0.211 e. The Labute approximate surface area is 208 Å². The lowest BCUT2D eigenvalue weighted by Gasteiger charge is -2.29. The molecule has 0 bridgehead atoms. The van der Waals surface area contributed by atoms with Gasteiger partial charge in [0.1, 0.15) is 11.5 Å². The molecule has 1 saturated heterocycles. The summed E-state index contributed by atoms with van der Waals surface area (Å²) in [6.07, 6.45) is 8.46. The largest absolute Gasteiger partial charge is 0.343 e. The fourth-order valence-electron chi connectivity index (χ4n) is 5.20. The van der Waals surface area contributed by atoms with Crippen molar-refractivity contribution in [3.8, 4) is 11.1 Å². The highest BCUT2D eigenvalue weighted by Crippen LogP contribution is 2.34. The minimum atomic E-state index is -3.15. The number of benzene rings is 1. The van der Waals surface area contributed by atoms with Crippen LogP contribution in [0.25, 0.3) is 33.2 Å². The Kier molecular flexibility index (Phi) is 5.61. The van der Waals surface area contributed by atoms with E-state index in [0.717, 1.165) is 57.3 Å². The van der Waals surface area contributed by atoms with Crippen LogP contribution in [0.5, 0.6) is 0 Å². The molecule has 0 radical (unpaired) electrons. The number of hydrogen-bond acceptors (Lipinski definition) is 4. The van der Waals surface area contributed by atoms with E-state index in [4.69, 9.17) is 0 Å². The van der Waals surface area contributed by atoms with Crippen molar-refractivity contribution in [3.05, 3.63) is 84.2 Å². The highest BCUT2D eigenvalue weighted by molar-refractivity contribution is 7.88. The summed E-state index contributed by atoms with van der Waals surface area (Å²) in [5.41, 5.74) is 6.65. The summed E-state index contributed by atoms with van der Waals surface area (Å²) in [7, 11) is -3.15. The SMILES string of the molecule is CS(=O)(=O)N1CCC(c2cc3c(-c4cnc5ccn(Cc6cccc(F)c6)c5c4)ccnc3[nH]2)CC1. The van der Waals surface area contributed by atoms with Crippen LogP contribution in [0.1, 0.15) is 30.0 Å². The maximum Gasteiger partial charge on any atom is 0.211 e. The number of halogens is 1. The molecule has 0 atom stereocenters. The van der Waals surface area contributed by atoms with Gasteiger partial charge < -0.3 is 9.55 Å². The van der Waals surface area contributed by atoms with Crippen LogP contribution in [0, 0.1) is 5.82 Å². The van der Waals surface area contributed by atoms with Gasteiger partial charge in [-0.3, -0.25) is 4.98 Å². The third-order valence-electron chi connectivity index (χ3n) is 7.09. The maximum absolute atomic E-state index is 13.7. The van der Waals surface area contributed by atoms with Crippen LogP contribution in [0.3, 0.4) is 0 Å². The maximum atomic E-state index is 13.7. The number of aromatic amines is 1. The van der Waals surface area contributed by atoms with Crippen molar-refractivity contribution < 1.29 is 12.8 Å². The molecule has 0 saturated carbocycles. The predicted octanol–water partition coefficient (Wildman–Crippen LogP) is 4.91. The van der Waals surface area contributed by atoms with E-state index >= 15 is 0 Å². The van der Waals surface area contributed by atoms with Gasteiger partial charge in [0.2, 0.25) is 10.0 Å². The van der Waals surface area contributed by atoms with Crippen molar-refractivity contribution in [2.45, 2.75) is 25.3 Å². The number of piperidine rings is 1. The number of H-pyrrole nitrogens is 1. The molecule has 0 amide bonds. The van der Waals surface area contributed by atoms with Gasteiger partial charge in [0, 0.05) is 60.8 Å². The molecule has 6 rings (SSSR count). The molecule has 1 fully saturated rings. The summed E-state index contributed by atoms with van der Waals surface area (Å²) in [4.78, 5) is 12.7. The first-order valence-corrected chi connectivity index (χ1v) is 13.8. The molecule has 0 unspecified atom stereocenters. The van der Waals surface area contributed by atoms with E-state index in [0.29, 0.717) is 19.6 Å². The average molecular weight is 504 g/mol. The number of hydrogen-bond donors (Lipinski definition) is 1. The van der Waals surface area contributed by atoms with Crippen LogP contribution in [0.2, 0.25) is 0 Å². The quantitative estimate of drug-likeness (QED) is 0.370. The molecule has 4 aromatic heterocycles. The van der Waals surface area contributed by atoms with Gasteiger partial charge in [0.15, 0.2) is 0 Å². The van der Waals surface area contributed by atoms with Crippen molar-refractivity contribution in [3.63, 3.8) is 0 Å². The first kappa shape index (κ1) is 22.9. The Hall–Kier alpha value is -3.56. The van der Waals surface area contributed by atoms with E-state index in [-0.39, 0.29) is 11.7 Å². The van der Waals surface area contributed by atoms with Crippen LogP contribution in [0.4, 0.5) is 4.39 Å². The van der Waals surface area contributed by atoms with Gasteiger partial charge in [0.05, 0.1) is 17.3 Å². The van der Waals surface area contributed by atoms with Crippen molar-refractivity contribution in [1.29, 1.82) is 0 Å². The summed E-state index contributed by atoms with van der Waals surface area (Å²) in [5.74, 6) is 0.0152. The highest BCUT2D eigenvalue weighted by atomic mass is 32.2. The number of aromatic nitrogens is 4. The van der Waals surface area contributed by atoms with E-state index in [1.165, 1.54) is 12.3 Å². The molecule has 5 heterocycles. The van der Waals surface area contributed by atoms with E-state index in [2.05, 4.69) is 31.7 Å².